The fourth-order valence-corrected chi connectivity index (χ4v) is 4.11. The lowest BCUT2D eigenvalue weighted by Crippen LogP contribution is -2.43. The third-order valence-electron chi connectivity index (χ3n) is 4.33. The largest absolute Gasteiger partial charge is 0.425 e. The molecule has 1 aromatic rings. The van der Waals surface area contributed by atoms with Crippen molar-refractivity contribution in [3.63, 3.8) is 0 Å². The highest BCUT2D eigenvalue weighted by Gasteiger charge is 2.25. The number of benzene rings is 1. The van der Waals surface area contributed by atoms with Crippen molar-refractivity contribution in [2.45, 2.75) is 39.5 Å². The van der Waals surface area contributed by atoms with Crippen LogP contribution in [-0.2, 0) is 14.6 Å². The van der Waals surface area contributed by atoms with Crippen molar-refractivity contribution in [1.29, 1.82) is 0 Å². The number of sulfone groups is 1. The molecule has 1 heterocycles. The topological polar surface area (TPSA) is 63.7 Å². The maximum absolute atomic E-state index is 12.4. The summed E-state index contributed by atoms with van der Waals surface area (Å²) in [5.41, 5.74) is 2.05. The molecule has 0 radical (unpaired) electrons. The predicted molar refractivity (Wildman–Crippen MR) is 95.3 cm³/mol. The van der Waals surface area contributed by atoms with Gasteiger partial charge < -0.3 is 4.74 Å². The Balaban J connectivity index is 2.11. The van der Waals surface area contributed by atoms with Gasteiger partial charge in [-0.1, -0.05) is 45.9 Å². The van der Waals surface area contributed by atoms with Gasteiger partial charge in [0.05, 0.1) is 18.1 Å². The number of hydrogen-bond donors (Lipinski definition) is 0. The number of rotatable bonds is 5. The summed E-state index contributed by atoms with van der Waals surface area (Å²) in [5.74, 6) is 1.07. The molecule has 5 nitrogen and oxygen atoms in total. The minimum atomic E-state index is -2.94. The zero-order valence-electron chi connectivity index (χ0n) is 14.9. The second-order valence-corrected chi connectivity index (χ2v) is 9.28. The van der Waals surface area contributed by atoms with E-state index in [1.807, 2.05) is 23.1 Å². The van der Waals surface area contributed by atoms with Crippen LogP contribution in [0.3, 0.4) is 0 Å². The fraction of sp³-hybridized carbons (Fsp3) is 0.611. The van der Waals surface area contributed by atoms with Crippen LogP contribution in [0.15, 0.2) is 18.2 Å². The van der Waals surface area contributed by atoms with E-state index in [0.29, 0.717) is 18.8 Å². The van der Waals surface area contributed by atoms with E-state index in [1.54, 1.807) is 0 Å². The monoisotopic (exact) mass is 353 g/mol. The summed E-state index contributed by atoms with van der Waals surface area (Å²) in [6, 6.07) is 5.98. The SMILES string of the molecule is CC(C)c1cccc(C(C)C)c1OC(=O)CN1CCS(=O)(=O)CC1. The predicted octanol–water partition coefficient (Wildman–Crippen LogP) is 2.57. The molecule has 1 aliphatic rings. The average Bonchev–Trinajstić information content (AvgIpc) is 2.49. The molecule has 0 spiro atoms. The first-order valence-corrected chi connectivity index (χ1v) is 10.3. The Bertz CT molecular complexity index is 655. The standard InChI is InChI=1S/C18H27NO4S/c1-13(2)15-6-5-7-16(14(3)4)18(15)23-17(20)12-19-8-10-24(21,22)11-9-19/h5-7,13-14H,8-12H2,1-4H3. The molecule has 6 heteroatoms. The van der Waals surface area contributed by atoms with E-state index in [9.17, 15) is 13.2 Å². The normalized spacial score (nSPS) is 18.1. The van der Waals surface area contributed by atoms with E-state index in [1.165, 1.54) is 0 Å². The van der Waals surface area contributed by atoms with Crippen LogP contribution in [0, 0.1) is 0 Å². The molecule has 1 aromatic carbocycles. The highest BCUT2D eigenvalue weighted by molar-refractivity contribution is 7.91. The van der Waals surface area contributed by atoms with Gasteiger partial charge in [0, 0.05) is 13.1 Å². The van der Waals surface area contributed by atoms with Crippen molar-refractivity contribution in [3.8, 4) is 5.75 Å². The van der Waals surface area contributed by atoms with Crippen molar-refractivity contribution < 1.29 is 17.9 Å². The molecule has 1 saturated heterocycles. The number of para-hydroxylation sites is 1. The quantitative estimate of drug-likeness (QED) is 0.601. The van der Waals surface area contributed by atoms with Gasteiger partial charge in [-0.2, -0.15) is 0 Å². The number of ether oxygens (including phenoxy) is 1. The highest BCUT2D eigenvalue weighted by Crippen LogP contribution is 2.34. The van der Waals surface area contributed by atoms with Crippen molar-refractivity contribution in [3.05, 3.63) is 29.3 Å². The summed E-state index contributed by atoms with van der Waals surface area (Å²) in [5, 5.41) is 0. The van der Waals surface area contributed by atoms with Gasteiger partial charge >= 0.3 is 5.97 Å². The van der Waals surface area contributed by atoms with Crippen LogP contribution >= 0.6 is 0 Å². The minimum absolute atomic E-state index is 0.111. The van der Waals surface area contributed by atoms with E-state index in [0.717, 1.165) is 11.1 Å². The number of hydrogen-bond acceptors (Lipinski definition) is 5. The summed E-state index contributed by atoms with van der Waals surface area (Å²) < 4.78 is 28.7. The van der Waals surface area contributed by atoms with Crippen molar-refractivity contribution in [2.24, 2.45) is 0 Å². The Labute approximate surface area is 144 Å². The number of esters is 1. The van der Waals surface area contributed by atoms with E-state index in [-0.39, 0.29) is 35.9 Å². The average molecular weight is 353 g/mol. The van der Waals surface area contributed by atoms with E-state index in [2.05, 4.69) is 27.7 Å². The molecule has 0 N–H and O–H groups in total. The summed E-state index contributed by atoms with van der Waals surface area (Å²) in [7, 11) is -2.94. The molecular formula is C18H27NO4S. The number of carbonyl (C=O) groups excluding carboxylic acids is 1. The van der Waals surface area contributed by atoms with Crippen LogP contribution in [0.1, 0.15) is 50.7 Å². The second-order valence-electron chi connectivity index (χ2n) is 6.98. The second kappa shape index (κ2) is 7.66. The van der Waals surface area contributed by atoms with Gasteiger partial charge in [-0.25, -0.2) is 8.42 Å². The first-order chi connectivity index (χ1) is 11.2. The van der Waals surface area contributed by atoms with Crippen molar-refractivity contribution >= 4 is 15.8 Å². The first-order valence-electron chi connectivity index (χ1n) is 8.46. The van der Waals surface area contributed by atoms with Crippen LogP contribution in [0.5, 0.6) is 5.75 Å². The molecule has 0 bridgehead atoms. The van der Waals surface area contributed by atoms with E-state index >= 15 is 0 Å². The molecule has 1 aliphatic heterocycles. The molecular weight excluding hydrogens is 326 g/mol. The zero-order valence-corrected chi connectivity index (χ0v) is 15.7. The molecule has 0 atom stereocenters. The minimum Gasteiger partial charge on any atom is -0.425 e. The maximum Gasteiger partial charge on any atom is 0.325 e. The molecule has 0 saturated carbocycles. The van der Waals surface area contributed by atoms with Crippen LogP contribution in [0.25, 0.3) is 0 Å². The number of nitrogens with zero attached hydrogens (tertiary/aromatic N) is 1. The van der Waals surface area contributed by atoms with E-state index < -0.39 is 9.84 Å². The molecule has 1 fully saturated rings. The highest BCUT2D eigenvalue weighted by atomic mass is 32.2. The van der Waals surface area contributed by atoms with Crippen molar-refractivity contribution in [2.75, 3.05) is 31.1 Å². The summed E-state index contributed by atoms with van der Waals surface area (Å²) in [4.78, 5) is 14.2. The van der Waals surface area contributed by atoms with Crippen LogP contribution in [0.4, 0.5) is 0 Å². The summed E-state index contributed by atoms with van der Waals surface area (Å²) in [6.07, 6.45) is 0. The first kappa shape index (κ1) is 18.9. The van der Waals surface area contributed by atoms with Crippen molar-refractivity contribution in [1.82, 2.24) is 4.90 Å². The molecule has 0 amide bonds. The Morgan fingerprint density at radius 3 is 2.04 bits per heavy atom. The number of carbonyl (C=O) groups is 1. The van der Waals surface area contributed by atoms with Gasteiger partial charge in [-0.3, -0.25) is 9.69 Å². The molecule has 0 aromatic heterocycles. The van der Waals surface area contributed by atoms with Gasteiger partial charge in [-0.05, 0) is 23.0 Å². The smallest absolute Gasteiger partial charge is 0.325 e. The summed E-state index contributed by atoms with van der Waals surface area (Å²) >= 11 is 0. The Morgan fingerprint density at radius 1 is 1.08 bits per heavy atom. The Hall–Kier alpha value is -1.40. The Morgan fingerprint density at radius 2 is 1.58 bits per heavy atom. The van der Waals surface area contributed by atoms with Crippen LogP contribution in [0.2, 0.25) is 0 Å². The molecule has 134 valence electrons. The lowest BCUT2D eigenvalue weighted by atomic mass is 9.94. The van der Waals surface area contributed by atoms with Gasteiger partial charge in [0.25, 0.3) is 0 Å². The Kier molecular flexibility index (Phi) is 6.04. The van der Waals surface area contributed by atoms with Crippen LogP contribution in [-0.4, -0.2) is 50.4 Å². The van der Waals surface area contributed by atoms with Crippen LogP contribution < -0.4 is 4.74 Å². The lowest BCUT2D eigenvalue weighted by Gasteiger charge is -2.26. The third kappa shape index (κ3) is 4.80. The van der Waals surface area contributed by atoms with E-state index in [4.69, 9.17) is 4.74 Å². The van der Waals surface area contributed by atoms with Gasteiger partial charge in [0.15, 0.2) is 9.84 Å². The molecule has 2 rings (SSSR count). The lowest BCUT2D eigenvalue weighted by molar-refractivity contribution is -0.135. The fourth-order valence-electron chi connectivity index (χ4n) is 2.84. The van der Waals surface area contributed by atoms with Gasteiger partial charge in [-0.15, -0.1) is 0 Å². The molecule has 24 heavy (non-hydrogen) atoms. The third-order valence-corrected chi connectivity index (χ3v) is 5.93. The molecule has 0 aliphatic carbocycles. The molecule has 0 unspecified atom stereocenters. The van der Waals surface area contributed by atoms with Gasteiger partial charge in [0.2, 0.25) is 0 Å². The zero-order chi connectivity index (χ0) is 17.9. The maximum atomic E-state index is 12.4. The summed E-state index contributed by atoms with van der Waals surface area (Å²) in [6.45, 7) is 9.21. The van der Waals surface area contributed by atoms with Gasteiger partial charge in [0.1, 0.15) is 5.75 Å².